The van der Waals surface area contributed by atoms with E-state index in [0.29, 0.717) is 17.8 Å². The molecule has 0 atom stereocenters. The smallest absolute Gasteiger partial charge is 0.371 e. The first kappa shape index (κ1) is 20.5. The lowest BCUT2D eigenvalue weighted by Crippen LogP contribution is -2.30. The quantitative estimate of drug-likeness (QED) is 0.449. The number of thiophene rings is 1. The molecule has 0 fully saturated rings. The summed E-state index contributed by atoms with van der Waals surface area (Å²) in [4.78, 5) is 26.7. The normalized spacial score (nSPS) is 10.9. The van der Waals surface area contributed by atoms with Crippen LogP contribution >= 0.6 is 11.3 Å². The van der Waals surface area contributed by atoms with Crippen LogP contribution in [-0.4, -0.2) is 36.9 Å². The molecule has 4 aromatic rings. The summed E-state index contributed by atoms with van der Waals surface area (Å²) >= 11 is 1.61. The minimum Gasteiger partial charge on any atom is -0.475 e. The van der Waals surface area contributed by atoms with E-state index in [1.165, 1.54) is 29.2 Å². The van der Waals surface area contributed by atoms with Crippen molar-refractivity contribution in [3.63, 3.8) is 0 Å². The SMILES string of the molecule is O=C(O)c1ccc(C(=O)N(Cc2ccc(F)cc2)Cc2cn(Cc3cccs3)nn2)o1. The molecule has 31 heavy (non-hydrogen) atoms. The Labute approximate surface area is 180 Å². The highest BCUT2D eigenvalue weighted by molar-refractivity contribution is 7.09. The van der Waals surface area contributed by atoms with Gasteiger partial charge in [0.15, 0.2) is 5.76 Å². The van der Waals surface area contributed by atoms with Gasteiger partial charge < -0.3 is 14.4 Å². The Morgan fingerprint density at radius 3 is 2.55 bits per heavy atom. The van der Waals surface area contributed by atoms with E-state index in [0.717, 1.165) is 4.88 Å². The van der Waals surface area contributed by atoms with Crippen LogP contribution in [0.4, 0.5) is 4.39 Å². The molecule has 0 spiro atoms. The van der Waals surface area contributed by atoms with Crippen LogP contribution in [0.2, 0.25) is 0 Å². The largest absolute Gasteiger partial charge is 0.475 e. The van der Waals surface area contributed by atoms with Gasteiger partial charge in [-0.25, -0.2) is 13.9 Å². The minimum absolute atomic E-state index is 0.106. The molecule has 1 amide bonds. The number of carboxylic acids is 1. The number of aromatic nitrogens is 3. The van der Waals surface area contributed by atoms with E-state index in [4.69, 9.17) is 9.52 Å². The van der Waals surface area contributed by atoms with Crippen molar-refractivity contribution in [2.45, 2.75) is 19.6 Å². The van der Waals surface area contributed by atoms with Crippen LogP contribution < -0.4 is 0 Å². The minimum atomic E-state index is -1.26. The van der Waals surface area contributed by atoms with Crippen molar-refractivity contribution in [2.75, 3.05) is 0 Å². The van der Waals surface area contributed by atoms with E-state index >= 15 is 0 Å². The number of hydrogen-bond donors (Lipinski definition) is 1. The molecule has 0 radical (unpaired) electrons. The van der Waals surface area contributed by atoms with Crippen molar-refractivity contribution in [1.82, 2.24) is 19.9 Å². The number of nitrogens with zero attached hydrogens (tertiary/aromatic N) is 4. The van der Waals surface area contributed by atoms with Gasteiger partial charge >= 0.3 is 5.97 Å². The monoisotopic (exact) mass is 440 g/mol. The molecule has 8 nitrogen and oxygen atoms in total. The molecule has 3 aromatic heterocycles. The highest BCUT2D eigenvalue weighted by Gasteiger charge is 2.23. The summed E-state index contributed by atoms with van der Waals surface area (Å²) in [6.45, 7) is 0.834. The van der Waals surface area contributed by atoms with E-state index in [1.807, 2.05) is 17.5 Å². The van der Waals surface area contributed by atoms with Crippen molar-refractivity contribution in [1.29, 1.82) is 0 Å². The molecule has 1 aromatic carbocycles. The molecule has 0 unspecified atom stereocenters. The van der Waals surface area contributed by atoms with E-state index < -0.39 is 11.9 Å². The van der Waals surface area contributed by atoms with Gasteiger partial charge in [-0.2, -0.15) is 0 Å². The summed E-state index contributed by atoms with van der Waals surface area (Å²) in [5.41, 5.74) is 1.25. The van der Waals surface area contributed by atoms with Gasteiger partial charge in [0.2, 0.25) is 5.76 Å². The molecule has 1 N–H and O–H groups in total. The summed E-state index contributed by atoms with van der Waals surface area (Å²) in [6, 6.07) is 12.3. The number of carboxylic acid groups (broad SMARTS) is 1. The second-order valence-electron chi connectivity index (χ2n) is 6.74. The molecule has 0 saturated carbocycles. The van der Waals surface area contributed by atoms with Crippen molar-refractivity contribution in [3.8, 4) is 0 Å². The summed E-state index contributed by atoms with van der Waals surface area (Å²) in [6.07, 6.45) is 1.75. The summed E-state index contributed by atoms with van der Waals surface area (Å²) < 4.78 is 20.1. The zero-order valence-electron chi connectivity index (χ0n) is 16.1. The van der Waals surface area contributed by atoms with Gasteiger partial charge in [0.05, 0.1) is 19.3 Å². The molecule has 4 rings (SSSR count). The number of rotatable bonds is 8. The van der Waals surface area contributed by atoms with Crippen LogP contribution in [-0.2, 0) is 19.6 Å². The first-order valence-corrected chi connectivity index (χ1v) is 10.1. The second kappa shape index (κ2) is 8.92. The predicted molar refractivity (Wildman–Crippen MR) is 109 cm³/mol. The molecule has 0 aliphatic carbocycles. The van der Waals surface area contributed by atoms with Crippen molar-refractivity contribution >= 4 is 23.2 Å². The lowest BCUT2D eigenvalue weighted by atomic mass is 10.2. The Balaban J connectivity index is 1.55. The van der Waals surface area contributed by atoms with Gasteiger partial charge in [0.25, 0.3) is 5.91 Å². The molecule has 0 aliphatic rings. The van der Waals surface area contributed by atoms with Gasteiger partial charge in [-0.3, -0.25) is 4.79 Å². The number of aromatic carboxylic acids is 1. The maximum Gasteiger partial charge on any atom is 0.371 e. The number of carbonyl (C=O) groups excluding carboxylic acids is 1. The van der Waals surface area contributed by atoms with Crippen LogP contribution in [0.1, 0.15) is 37.2 Å². The topological polar surface area (TPSA) is 101 Å². The number of benzene rings is 1. The Morgan fingerprint density at radius 1 is 1.10 bits per heavy atom. The van der Waals surface area contributed by atoms with Crippen molar-refractivity contribution < 1.29 is 23.5 Å². The van der Waals surface area contributed by atoms with Crippen molar-refractivity contribution in [3.05, 3.63) is 93.6 Å². The van der Waals surface area contributed by atoms with Gasteiger partial charge in [-0.1, -0.05) is 23.4 Å². The van der Waals surface area contributed by atoms with Crippen LogP contribution in [0.15, 0.2) is 64.5 Å². The van der Waals surface area contributed by atoms with Gasteiger partial charge in [-0.05, 0) is 41.3 Å². The standard InChI is InChI=1S/C21H17FN4O4S/c22-15-5-3-14(4-6-15)10-25(20(27)18-7-8-19(30-18)21(28)29)11-16-12-26(24-23-16)13-17-2-1-9-31-17/h1-9,12H,10-11,13H2,(H,28,29). The number of furan rings is 1. The maximum atomic E-state index is 13.3. The lowest BCUT2D eigenvalue weighted by Gasteiger charge is -2.20. The molecule has 0 aliphatic heterocycles. The Morgan fingerprint density at radius 2 is 1.87 bits per heavy atom. The van der Waals surface area contributed by atoms with E-state index in [-0.39, 0.29) is 30.4 Å². The zero-order valence-corrected chi connectivity index (χ0v) is 17.0. The number of hydrogen-bond acceptors (Lipinski definition) is 6. The Kier molecular flexibility index (Phi) is 5.89. The fourth-order valence-corrected chi connectivity index (χ4v) is 3.68. The van der Waals surface area contributed by atoms with E-state index in [9.17, 15) is 14.0 Å². The molecule has 0 saturated heterocycles. The van der Waals surface area contributed by atoms with Gasteiger partial charge in [0, 0.05) is 11.4 Å². The van der Waals surface area contributed by atoms with Crippen LogP contribution in [0.5, 0.6) is 0 Å². The van der Waals surface area contributed by atoms with Gasteiger partial charge in [-0.15, -0.1) is 16.4 Å². The van der Waals surface area contributed by atoms with Crippen LogP contribution in [0.25, 0.3) is 0 Å². The second-order valence-corrected chi connectivity index (χ2v) is 7.78. The van der Waals surface area contributed by atoms with E-state index in [2.05, 4.69) is 10.3 Å². The van der Waals surface area contributed by atoms with Crippen molar-refractivity contribution in [2.24, 2.45) is 0 Å². The van der Waals surface area contributed by atoms with Crippen LogP contribution in [0, 0.1) is 5.82 Å². The number of halogens is 1. The Bertz CT molecular complexity index is 1180. The lowest BCUT2D eigenvalue weighted by molar-refractivity contribution is 0.0643. The first-order chi connectivity index (χ1) is 15.0. The summed E-state index contributed by atoms with van der Waals surface area (Å²) in [7, 11) is 0. The molecule has 3 heterocycles. The molecular formula is C21H17FN4O4S. The first-order valence-electron chi connectivity index (χ1n) is 9.26. The molecule has 10 heteroatoms. The fourth-order valence-electron chi connectivity index (χ4n) is 2.98. The average molecular weight is 440 g/mol. The summed E-state index contributed by atoms with van der Waals surface area (Å²) in [5, 5.41) is 19.3. The third kappa shape index (κ3) is 5.04. The van der Waals surface area contributed by atoms with Gasteiger partial charge in [0.1, 0.15) is 11.5 Å². The molecule has 158 valence electrons. The average Bonchev–Trinajstić information content (AvgIpc) is 3.51. The van der Waals surface area contributed by atoms with E-state index in [1.54, 1.807) is 34.3 Å². The molecule has 0 bridgehead atoms. The highest BCUT2D eigenvalue weighted by Crippen LogP contribution is 2.17. The predicted octanol–water partition coefficient (Wildman–Crippen LogP) is 3.66. The third-order valence-corrected chi connectivity index (χ3v) is 5.30. The molecular weight excluding hydrogens is 423 g/mol. The van der Waals surface area contributed by atoms with Crippen LogP contribution in [0.3, 0.4) is 0 Å². The number of amides is 1. The highest BCUT2D eigenvalue weighted by atomic mass is 32.1. The number of carbonyl (C=O) groups is 2. The summed E-state index contributed by atoms with van der Waals surface area (Å²) in [5.74, 6) is -2.59. The Hall–Kier alpha value is -3.79. The zero-order chi connectivity index (χ0) is 21.8. The third-order valence-electron chi connectivity index (χ3n) is 4.44. The fraction of sp³-hybridized carbons (Fsp3) is 0.143. The maximum absolute atomic E-state index is 13.3.